The van der Waals surface area contributed by atoms with E-state index in [4.69, 9.17) is 9.47 Å². The number of methoxy groups -OCH3 is 2. The Bertz CT molecular complexity index is 785. The number of carbonyl (C=O) groups excluding carboxylic acids is 1. The van der Waals surface area contributed by atoms with E-state index in [1.807, 2.05) is 41.4 Å². The van der Waals surface area contributed by atoms with Crippen LogP contribution in [0.1, 0.15) is 11.1 Å². The summed E-state index contributed by atoms with van der Waals surface area (Å²) in [5.41, 5.74) is 2.10. The van der Waals surface area contributed by atoms with Crippen LogP contribution in [-0.4, -0.2) is 61.1 Å². The highest BCUT2D eigenvalue weighted by Crippen LogP contribution is 2.28. The number of pyridine rings is 1. The van der Waals surface area contributed by atoms with Gasteiger partial charge in [-0.3, -0.25) is 14.7 Å². The fraction of sp³-hybridized carbons (Fsp3) is 0.333. The van der Waals surface area contributed by atoms with Crippen LogP contribution in [0.2, 0.25) is 0 Å². The molecule has 0 atom stereocenters. The van der Waals surface area contributed by atoms with Crippen molar-refractivity contribution in [3.8, 4) is 11.5 Å². The first-order valence-corrected chi connectivity index (χ1v) is 9.00. The van der Waals surface area contributed by atoms with Crippen molar-refractivity contribution in [2.75, 3.05) is 40.4 Å². The molecule has 27 heavy (non-hydrogen) atoms. The van der Waals surface area contributed by atoms with Crippen LogP contribution in [0.4, 0.5) is 0 Å². The second kappa shape index (κ2) is 9.19. The summed E-state index contributed by atoms with van der Waals surface area (Å²) in [6.45, 7) is 4.07. The molecule has 1 fully saturated rings. The molecule has 6 heteroatoms. The lowest BCUT2D eigenvalue weighted by atomic mass is 10.1. The van der Waals surface area contributed by atoms with Gasteiger partial charge < -0.3 is 14.4 Å². The molecule has 1 aromatic carbocycles. The molecule has 2 aromatic rings. The van der Waals surface area contributed by atoms with Gasteiger partial charge in [0.2, 0.25) is 5.91 Å². The summed E-state index contributed by atoms with van der Waals surface area (Å²) >= 11 is 0. The van der Waals surface area contributed by atoms with Crippen LogP contribution >= 0.6 is 0 Å². The first-order valence-electron chi connectivity index (χ1n) is 9.00. The third kappa shape index (κ3) is 5.08. The van der Waals surface area contributed by atoms with E-state index in [0.717, 1.165) is 38.3 Å². The Kier molecular flexibility index (Phi) is 6.44. The van der Waals surface area contributed by atoms with E-state index in [0.29, 0.717) is 11.5 Å². The van der Waals surface area contributed by atoms with Gasteiger partial charge in [0.15, 0.2) is 11.5 Å². The van der Waals surface area contributed by atoms with Crippen LogP contribution in [0.5, 0.6) is 11.5 Å². The molecule has 1 aliphatic rings. The molecular weight excluding hydrogens is 342 g/mol. The molecule has 0 unspecified atom stereocenters. The summed E-state index contributed by atoms with van der Waals surface area (Å²) in [7, 11) is 3.20. The van der Waals surface area contributed by atoms with Crippen LogP contribution in [0.25, 0.3) is 6.08 Å². The van der Waals surface area contributed by atoms with Crippen molar-refractivity contribution in [1.29, 1.82) is 0 Å². The Balaban J connectivity index is 1.53. The highest BCUT2D eigenvalue weighted by Gasteiger charge is 2.19. The molecule has 142 valence electrons. The number of hydrogen-bond acceptors (Lipinski definition) is 5. The predicted octanol–water partition coefficient (Wildman–Crippen LogP) is 2.46. The minimum atomic E-state index is 0.0332. The van der Waals surface area contributed by atoms with Gasteiger partial charge in [-0.05, 0) is 35.4 Å². The van der Waals surface area contributed by atoms with E-state index in [9.17, 15) is 4.79 Å². The Morgan fingerprint density at radius 3 is 2.56 bits per heavy atom. The predicted molar refractivity (Wildman–Crippen MR) is 105 cm³/mol. The van der Waals surface area contributed by atoms with Crippen LogP contribution in [0, 0.1) is 0 Å². The van der Waals surface area contributed by atoms with E-state index in [1.165, 1.54) is 5.56 Å². The molecule has 3 rings (SSSR count). The standard InChI is InChI=1S/C21H25N3O3/c1-26-19-7-5-17(14-20(19)27-2)6-8-21(25)24-12-10-23(11-13-24)16-18-4-3-9-22-15-18/h3-9,14-15H,10-13,16H2,1-2H3/b8-6+. The van der Waals surface area contributed by atoms with Crippen LogP contribution in [0.3, 0.4) is 0 Å². The zero-order valence-corrected chi connectivity index (χ0v) is 15.8. The van der Waals surface area contributed by atoms with Crippen molar-refractivity contribution >= 4 is 12.0 Å². The lowest BCUT2D eigenvalue weighted by Gasteiger charge is -2.34. The lowest BCUT2D eigenvalue weighted by molar-refractivity contribution is -0.127. The van der Waals surface area contributed by atoms with Crippen molar-refractivity contribution in [1.82, 2.24) is 14.8 Å². The second-order valence-corrected chi connectivity index (χ2v) is 6.41. The van der Waals surface area contributed by atoms with Gasteiger partial charge in [0.1, 0.15) is 0 Å². The molecule has 1 saturated heterocycles. The maximum absolute atomic E-state index is 12.5. The average molecular weight is 367 g/mol. The molecule has 1 aliphatic heterocycles. The molecule has 0 spiro atoms. The number of hydrogen-bond donors (Lipinski definition) is 0. The summed E-state index contributed by atoms with van der Waals surface area (Å²) in [6, 6.07) is 9.62. The van der Waals surface area contributed by atoms with Gasteiger partial charge in [0.25, 0.3) is 0 Å². The van der Waals surface area contributed by atoms with E-state index >= 15 is 0 Å². The van der Waals surface area contributed by atoms with Crippen molar-refractivity contribution in [3.05, 3.63) is 59.9 Å². The number of nitrogens with zero attached hydrogens (tertiary/aromatic N) is 3. The van der Waals surface area contributed by atoms with Crippen LogP contribution in [-0.2, 0) is 11.3 Å². The first-order chi connectivity index (χ1) is 13.2. The second-order valence-electron chi connectivity index (χ2n) is 6.41. The SMILES string of the molecule is COc1ccc(/C=C/C(=O)N2CCN(Cc3cccnc3)CC2)cc1OC. The van der Waals surface area contributed by atoms with Gasteiger partial charge >= 0.3 is 0 Å². The molecule has 6 nitrogen and oxygen atoms in total. The van der Waals surface area contributed by atoms with Crippen molar-refractivity contribution in [2.45, 2.75) is 6.54 Å². The Hall–Kier alpha value is -2.86. The molecule has 1 amide bonds. The minimum absolute atomic E-state index is 0.0332. The van der Waals surface area contributed by atoms with Gasteiger partial charge in [-0.25, -0.2) is 0 Å². The Morgan fingerprint density at radius 1 is 1.11 bits per heavy atom. The average Bonchev–Trinajstić information content (AvgIpc) is 2.73. The van der Waals surface area contributed by atoms with Gasteiger partial charge in [0.05, 0.1) is 14.2 Å². The van der Waals surface area contributed by atoms with Gasteiger partial charge in [-0.15, -0.1) is 0 Å². The van der Waals surface area contributed by atoms with E-state index in [-0.39, 0.29) is 5.91 Å². The Morgan fingerprint density at radius 2 is 1.89 bits per heavy atom. The summed E-state index contributed by atoms with van der Waals surface area (Å²) in [4.78, 5) is 20.9. The quantitative estimate of drug-likeness (QED) is 0.734. The molecule has 1 aromatic heterocycles. The highest BCUT2D eigenvalue weighted by molar-refractivity contribution is 5.92. The number of benzene rings is 1. The third-order valence-electron chi connectivity index (χ3n) is 4.64. The monoisotopic (exact) mass is 367 g/mol. The number of amides is 1. The summed E-state index contributed by atoms with van der Waals surface area (Å²) in [5.74, 6) is 1.35. The Labute approximate surface area is 160 Å². The largest absolute Gasteiger partial charge is 0.493 e. The molecule has 0 saturated carbocycles. The third-order valence-corrected chi connectivity index (χ3v) is 4.64. The van der Waals surface area contributed by atoms with Gasteiger partial charge in [-0.1, -0.05) is 12.1 Å². The van der Waals surface area contributed by atoms with Crippen LogP contribution < -0.4 is 9.47 Å². The molecule has 0 aliphatic carbocycles. The smallest absolute Gasteiger partial charge is 0.246 e. The number of ether oxygens (including phenoxy) is 2. The first kappa shape index (κ1) is 18.9. The van der Waals surface area contributed by atoms with Crippen molar-refractivity contribution < 1.29 is 14.3 Å². The molecule has 0 bridgehead atoms. The molecule has 2 heterocycles. The zero-order chi connectivity index (χ0) is 19.1. The lowest BCUT2D eigenvalue weighted by Crippen LogP contribution is -2.47. The zero-order valence-electron chi connectivity index (χ0n) is 15.8. The summed E-state index contributed by atoms with van der Waals surface area (Å²) < 4.78 is 10.5. The van der Waals surface area contributed by atoms with E-state index in [1.54, 1.807) is 26.5 Å². The topological polar surface area (TPSA) is 54.9 Å². The van der Waals surface area contributed by atoms with Crippen molar-refractivity contribution in [3.63, 3.8) is 0 Å². The van der Waals surface area contributed by atoms with E-state index < -0.39 is 0 Å². The number of rotatable bonds is 6. The van der Waals surface area contributed by atoms with E-state index in [2.05, 4.69) is 16.0 Å². The van der Waals surface area contributed by atoms with Crippen LogP contribution in [0.15, 0.2) is 48.8 Å². The fourth-order valence-corrected chi connectivity index (χ4v) is 3.11. The van der Waals surface area contributed by atoms with Gasteiger partial charge in [0, 0.05) is 51.2 Å². The molecular formula is C21H25N3O3. The summed E-state index contributed by atoms with van der Waals surface area (Å²) in [6.07, 6.45) is 7.11. The van der Waals surface area contributed by atoms with Crippen molar-refractivity contribution in [2.24, 2.45) is 0 Å². The normalized spacial score (nSPS) is 15.1. The number of aromatic nitrogens is 1. The fourth-order valence-electron chi connectivity index (χ4n) is 3.11. The molecule has 0 radical (unpaired) electrons. The summed E-state index contributed by atoms with van der Waals surface area (Å²) in [5, 5.41) is 0. The maximum atomic E-state index is 12.5. The van der Waals surface area contributed by atoms with Gasteiger partial charge in [-0.2, -0.15) is 0 Å². The maximum Gasteiger partial charge on any atom is 0.246 e. The minimum Gasteiger partial charge on any atom is -0.493 e. The number of piperazine rings is 1. The number of carbonyl (C=O) groups is 1. The molecule has 0 N–H and O–H groups in total. The highest BCUT2D eigenvalue weighted by atomic mass is 16.5.